The molecule has 0 bridgehead atoms. The molecule has 6 nitrogen and oxygen atoms in total. The lowest BCUT2D eigenvalue weighted by Crippen LogP contribution is -2.17. The fourth-order valence-corrected chi connectivity index (χ4v) is 3.35. The van der Waals surface area contributed by atoms with Crippen LogP contribution in [0.1, 0.15) is 35.3 Å². The van der Waals surface area contributed by atoms with E-state index in [0.29, 0.717) is 46.1 Å². The lowest BCUT2D eigenvalue weighted by Gasteiger charge is -2.13. The van der Waals surface area contributed by atoms with Crippen LogP contribution in [-0.2, 0) is 6.61 Å². The van der Waals surface area contributed by atoms with E-state index in [9.17, 15) is 4.79 Å². The predicted molar refractivity (Wildman–Crippen MR) is 131 cm³/mol. The summed E-state index contributed by atoms with van der Waals surface area (Å²) in [6, 6.07) is 17.5. The van der Waals surface area contributed by atoms with Crippen molar-refractivity contribution in [3.05, 3.63) is 87.4 Å². The first-order chi connectivity index (χ1) is 16.0. The fourth-order valence-electron chi connectivity index (χ4n) is 2.89. The number of carbonyl (C=O) groups excluding carboxylic acids is 1. The van der Waals surface area contributed by atoms with Crippen LogP contribution in [0.4, 0.5) is 0 Å². The van der Waals surface area contributed by atoms with E-state index in [1.165, 1.54) is 6.21 Å². The molecule has 0 heterocycles. The second kappa shape index (κ2) is 12.1. The normalized spacial score (nSPS) is 10.8. The maximum atomic E-state index is 12.3. The molecule has 33 heavy (non-hydrogen) atoms. The third kappa shape index (κ3) is 7.14. The van der Waals surface area contributed by atoms with E-state index in [1.807, 2.05) is 26.0 Å². The maximum Gasteiger partial charge on any atom is 0.271 e. The van der Waals surface area contributed by atoms with E-state index < -0.39 is 0 Å². The Hall–Kier alpha value is -3.22. The van der Waals surface area contributed by atoms with Crippen LogP contribution in [0.5, 0.6) is 17.2 Å². The lowest BCUT2D eigenvalue weighted by molar-refractivity contribution is 0.0955. The summed E-state index contributed by atoms with van der Waals surface area (Å²) >= 11 is 12.2. The number of nitrogens with one attached hydrogen (secondary N) is 1. The van der Waals surface area contributed by atoms with Gasteiger partial charge in [0.05, 0.1) is 19.4 Å². The van der Waals surface area contributed by atoms with E-state index in [2.05, 4.69) is 10.5 Å². The first-order valence-corrected chi connectivity index (χ1v) is 11.2. The van der Waals surface area contributed by atoms with Crippen molar-refractivity contribution >= 4 is 35.3 Å². The zero-order valence-electron chi connectivity index (χ0n) is 18.3. The van der Waals surface area contributed by atoms with Gasteiger partial charge in [0.1, 0.15) is 12.4 Å². The van der Waals surface area contributed by atoms with Crippen molar-refractivity contribution in [3.63, 3.8) is 0 Å². The Bertz CT molecular complexity index is 1120. The molecule has 0 aliphatic heterocycles. The number of amides is 1. The second-order valence-electron chi connectivity index (χ2n) is 6.82. The summed E-state index contributed by atoms with van der Waals surface area (Å²) in [4.78, 5) is 12.3. The molecule has 0 atom stereocenters. The van der Waals surface area contributed by atoms with Gasteiger partial charge in [0.2, 0.25) is 0 Å². The molecule has 8 heteroatoms. The summed E-state index contributed by atoms with van der Waals surface area (Å²) in [6.07, 6.45) is 1.54. The SMILES string of the molecule is CCOc1ccc(C(=O)N/N=C\c2ccc(OCc3ccc(Cl)cc3Cl)c(OCC)c2)cc1. The minimum absolute atomic E-state index is 0.266. The van der Waals surface area contributed by atoms with Gasteiger partial charge in [-0.1, -0.05) is 29.3 Å². The van der Waals surface area contributed by atoms with Gasteiger partial charge in [-0.3, -0.25) is 4.79 Å². The molecular formula is C25H24Cl2N2O4. The first kappa shape index (κ1) is 24.4. The number of benzene rings is 3. The zero-order valence-corrected chi connectivity index (χ0v) is 19.8. The lowest BCUT2D eigenvalue weighted by atomic mass is 10.2. The molecule has 3 rings (SSSR count). The van der Waals surface area contributed by atoms with Crippen LogP contribution >= 0.6 is 23.2 Å². The van der Waals surface area contributed by atoms with Crippen LogP contribution in [-0.4, -0.2) is 25.3 Å². The van der Waals surface area contributed by atoms with Crippen molar-refractivity contribution in [1.82, 2.24) is 5.43 Å². The van der Waals surface area contributed by atoms with Crippen molar-refractivity contribution in [2.24, 2.45) is 5.10 Å². The van der Waals surface area contributed by atoms with Gasteiger partial charge in [0, 0.05) is 21.2 Å². The van der Waals surface area contributed by atoms with E-state index in [-0.39, 0.29) is 12.5 Å². The third-order valence-electron chi connectivity index (χ3n) is 4.47. The molecule has 0 aromatic heterocycles. The van der Waals surface area contributed by atoms with E-state index in [0.717, 1.165) is 11.1 Å². The van der Waals surface area contributed by atoms with Crippen LogP contribution < -0.4 is 19.6 Å². The quantitative estimate of drug-likeness (QED) is 0.276. The molecule has 0 unspecified atom stereocenters. The summed E-state index contributed by atoms with van der Waals surface area (Å²) in [5.74, 6) is 1.52. The van der Waals surface area contributed by atoms with Crippen LogP contribution in [0.2, 0.25) is 10.0 Å². The molecule has 0 saturated heterocycles. The number of carbonyl (C=O) groups is 1. The van der Waals surface area contributed by atoms with Gasteiger partial charge in [0.25, 0.3) is 5.91 Å². The number of hydrogen-bond acceptors (Lipinski definition) is 5. The highest BCUT2D eigenvalue weighted by Gasteiger charge is 2.09. The minimum atomic E-state index is -0.320. The molecule has 1 amide bonds. The summed E-state index contributed by atoms with van der Waals surface area (Å²) in [5, 5.41) is 5.14. The fraction of sp³-hybridized carbons (Fsp3) is 0.200. The molecule has 3 aromatic rings. The van der Waals surface area contributed by atoms with Gasteiger partial charge in [-0.15, -0.1) is 0 Å². The number of hydrazone groups is 1. The highest BCUT2D eigenvalue weighted by Crippen LogP contribution is 2.30. The van der Waals surface area contributed by atoms with Crippen LogP contribution in [0.15, 0.2) is 65.8 Å². The minimum Gasteiger partial charge on any atom is -0.494 e. The van der Waals surface area contributed by atoms with Crippen molar-refractivity contribution < 1.29 is 19.0 Å². The Morgan fingerprint density at radius 2 is 1.67 bits per heavy atom. The van der Waals surface area contributed by atoms with Crippen LogP contribution in [0.25, 0.3) is 0 Å². The first-order valence-electron chi connectivity index (χ1n) is 10.4. The maximum absolute atomic E-state index is 12.3. The summed E-state index contributed by atoms with van der Waals surface area (Å²) in [7, 11) is 0. The number of hydrogen-bond donors (Lipinski definition) is 1. The van der Waals surface area contributed by atoms with Crippen molar-refractivity contribution in [1.29, 1.82) is 0 Å². The van der Waals surface area contributed by atoms with Crippen LogP contribution in [0.3, 0.4) is 0 Å². The molecule has 0 aliphatic carbocycles. The van der Waals surface area contributed by atoms with Gasteiger partial charge < -0.3 is 14.2 Å². The number of ether oxygens (including phenoxy) is 3. The molecule has 3 aromatic carbocycles. The monoisotopic (exact) mass is 486 g/mol. The number of halogens is 2. The Labute approximate surface area is 203 Å². The van der Waals surface area contributed by atoms with E-state index >= 15 is 0 Å². The van der Waals surface area contributed by atoms with E-state index in [4.69, 9.17) is 37.4 Å². The third-order valence-corrected chi connectivity index (χ3v) is 5.06. The topological polar surface area (TPSA) is 69.2 Å². The molecule has 0 radical (unpaired) electrons. The molecule has 1 N–H and O–H groups in total. The number of rotatable bonds is 10. The molecule has 0 saturated carbocycles. The Kier molecular flexibility index (Phi) is 8.98. The Balaban J connectivity index is 1.63. The largest absolute Gasteiger partial charge is 0.494 e. The van der Waals surface area contributed by atoms with Crippen molar-refractivity contribution in [2.45, 2.75) is 20.5 Å². The summed E-state index contributed by atoms with van der Waals surface area (Å²) < 4.78 is 17.0. The average molecular weight is 487 g/mol. The molecule has 172 valence electrons. The summed E-state index contributed by atoms with van der Waals surface area (Å²) in [6.45, 7) is 5.09. The van der Waals surface area contributed by atoms with Gasteiger partial charge >= 0.3 is 0 Å². The van der Waals surface area contributed by atoms with Crippen molar-refractivity contribution in [2.75, 3.05) is 13.2 Å². The molecule has 0 aliphatic rings. The molecular weight excluding hydrogens is 463 g/mol. The molecule has 0 spiro atoms. The van der Waals surface area contributed by atoms with Crippen molar-refractivity contribution in [3.8, 4) is 17.2 Å². The summed E-state index contributed by atoms with van der Waals surface area (Å²) in [5.41, 5.74) is 4.55. The Morgan fingerprint density at radius 3 is 2.36 bits per heavy atom. The van der Waals surface area contributed by atoms with Gasteiger partial charge in [-0.05, 0) is 74.0 Å². The predicted octanol–water partition coefficient (Wildman–Crippen LogP) is 6.13. The average Bonchev–Trinajstić information content (AvgIpc) is 2.80. The zero-order chi connectivity index (χ0) is 23.6. The van der Waals surface area contributed by atoms with Crippen LogP contribution in [0, 0.1) is 0 Å². The molecule has 0 fully saturated rings. The van der Waals surface area contributed by atoms with Gasteiger partial charge in [0.15, 0.2) is 11.5 Å². The van der Waals surface area contributed by atoms with Gasteiger partial charge in [-0.25, -0.2) is 5.43 Å². The smallest absolute Gasteiger partial charge is 0.271 e. The standard InChI is InChI=1S/C25H24Cl2N2O4/c1-3-31-21-10-7-18(8-11-21)25(30)29-28-15-17-5-12-23(24(13-17)32-4-2)33-16-19-6-9-20(26)14-22(19)27/h5-15H,3-4,16H2,1-2H3,(H,29,30)/b28-15-. The highest BCUT2D eigenvalue weighted by atomic mass is 35.5. The second-order valence-corrected chi connectivity index (χ2v) is 7.66. The van der Waals surface area contributed by atoms with Gasteiger partial charge in [-0.2, -0.15) is 5.10 Å². The van der Waals surface area contributed by atoms with E-state index in [1.54, 1.807) is 48.5 Å². The highest BCUT2D eigenvalue weighted by molar-refractivity contribution is 6.35. The number of nitrogens with zero attached hydrogens (tertiary/aromatic N) is 1. The Morgan fingerprint density at radius 1 is 0.909 bits per heavy atom.